The summed E-state index contributed by atoms with van der Waals surface area (Å²) in [6.07, 6.45) is -0.179. The second-order valence-electron chi connectivity index (χ2n) is 1.93. The molecule has 0 saturated carbocycles. The Hall–Kier alpha value is -1.19. The van der Waals surface area contributed by atoms with E-state index in [2.05, 4.69) is 0 Å². The lowest BCUT2D eigenvalue weighted by atomic mass is 10.2. The molecule has 0 aromatic heterocycles. The van der Waals surface area contributed by atoms with Crippen LogP contribution in [0.25, 0.3) is 0 Å². The van der Waals surface area contributed by atoms with Gasteiger partial charge >= 0.3 is 5.97 Å². The van der Waals surface area contributed by atoms with Gasteiger partial charge in [0.05, 0.1) is 6.42 Å². The van der Waals surface area contributed by atoms with Gasteiger partial charge in [-0.25, -0.2) is 0 Å². The predicted octanol–water partition coefficient (Wildman–Crippen LogP) is 1.20. The van der Waals surface area contributed by atoms with Crippen LogP contribution in [0.2, 0.25) is 0 Å². The minimum Gasteiger partial charge on any atom is -0.509 e. The standard InChI is InChI=1S/C6H10O4/c1-4(7)5(8)2-3-6(9)10/h7-8H,2-3H2,1H3,(H,9,10)/b5-4+. The number of hydrogen-bond acceptors (Lipinski definition) is 3. The van der Waals surface area contributed by atoms with E-state index in [1.54, 1.807) is 0 Å². The average molecular weight is 146 g/mol. The third-order valence-electron chi connectivity index (χ3n) is 0.993. The highest BCUT2D eigenvalue weighted by Crippen LogP contribution is 2.04. The molecule has 0 radical (unpaired) electrons. The Morgan fingerprint density at radius 1 is 1.20 bits per heavy atom. The Morgan fingerprint density at radius 2 is 1.70 bits per heavy atom. The van der Waals surface area contributed by atoms with Crippen LogP contribution in [0.15, 0.2) is 11.5 Å². The van der Waals surface area contributed by atoms with Crippen molar-refractivity contribution in [2.24, 2.45) is 0 Å². The van der Waals surface area contributed by atoms with Crippen molar-refractivity contribution >= 4 is 5.97 Å². The summed E-state index contributed by atoms with van der Waals surface area (Å²) < 4.78 is 0. The quantitative estimate of drug-likeness (QED) is 0.523. The first-order chi connectivity index (χ1) is 4.54. The molecule has 0 bridgehead atoms. The molecule has 0 rings (SSSR count). The first-order valence-electron chi connectivity index (χ1n) is 2.83. The molecule has 0 atom stereocenters. The summed E-state index contributed by atoms with van der Waals surface area (Å²) in [5.41, 5.74) is 0. The van der Waals surface area contributed by atoms with E-state index in [9.17, 15) is 4.79 Å². The molecule has 0 spiro atoms. The lowest BCUT2D eigenvalue weighted by Crippen LogP contribution is -1.96. The molecule has 0 unspecified atom stereocenters. The zero-order valence-corrected chi connectivity index (χ0v) is 5.66. The average Bonchev–Trinajstić information content (AvgIpc) is 1.82. The molecule has 4 heteroatoms. The fourth-order valence-corrected chi connectivity index (χ4v) is 0.406. The summed E-state index contributed by atoms with van der Waals surface area (Å²) >= 11 is 0. The van der Waals surface area contributed by atoms with Gasteiger partial charge in [-0.15, -0.1) is 0 Å². The van der Waals surface area contributed by atoms with Crippen LogP contribution < -0.4 is 0 Å². The molecule has 0 fully saturated rings. The molecule has 4 nitrogen and oxygen atoms in total. The Labute approximate surface area is 58.4 Å². The highest BCUT2D eigenvalue weighted by Gasteiger charge is 2.01. The summed E-state index contributed by atoms with van der Waals surface area (Å²) in [5, 5.41) is 25.4. The molecule has 0 aliphatic rings. The summed E-state index contributed by atoms with van der Waals surface area (Å²) in [6.45, 7) is 1.30. The van der Waals surface area contributed by atoms with Gasteiger partial charge in [-0.05, 0) is 6.92 Å². The lowest BCUT2D eigenvalue weighted by Gasteiger charge is -1.96. The second kappa shape index (κ2) is 3.76. The Balaban J connectivity index is 3.71. The molecule has 0 amide bonds. The molecule has 0 saturated heterocycles. The van der Waals surface area contributed by atoms with Crippen LogP contribution in [0.5, 0.6) is 0 Å². The number of aliphatic hydroxyl groups is 2. The Kier molecular flexibility index (Phi) is 3.32. The summed E-state index contributed by atoms with van der Waals surface area (Å²) in [6, 6.07) is 0. The van der Waals surface area contributed by atoms with Crippen LogP contribution in [-0.4, -0.2) is 21.3 Å². The van der Waals surface area contributed by atoms with Crippen LogP contribution in [0.3, 0.4) is 0 Å². The maximum Gasteiger partial charge on any atom is 0.303 e. The number of aliphatic hydroxyl groups excluding tert-OH is 2. The van der Waals surface area contributed by atoms with Crippen LogP contribution >= 0.6 is 0 Å². The Bertz CT molecular complexity index is 155. The second-order valence-corrected chi connectivity index (χ2v) is 1.93. The Morgan fingerprint density at radius 3 is 2.00 bits per heavy atom. The fraction of sp³-hybridized carbons (Fsp3) is 0.500. The van der Waals surface area contributed by atoms with E-state index in [-0.39, 0.29) is 24.4 Å². The van der Waals surface area contributed by atoms with Crippen LogP contribution in [0, 0.1) is 0 Å². The molecule has 3 N–H and O–H groups in total. The fourth-order valence-electron chi connectivity index (χ4n) is 0.406. The van der Waals surface area contributed by atoms with Gasteiger partial charge in [0.15, 0.2) is 0 Å². The van der Waals surface area contributed by atoms with Crippen molar-refractivity contribution < 1.29 is 20.1 Å². The van der Waals surface area contributed by atoms with Crippen molar-refractivity contribution in [2.45, 2.75) is 19.8 Å². The van der Waals surface area contributed by atoms with Crippen LogP contribution in [0.4, 0.5) is 0 Å². The number of hydrogen-bond donors (Lipinski definition) is 3. The predicted molar refractivity (Wildman–Crippen MR) is 34.8 cm³/mol. The van der Waals surface area contributed by atoms with E-state index in [1.807, 2.05) is 0 Å². The molecule has 58 valence electrons. The number of rotatable bonds is 3. The van der Waals surface area contributed by atoms with E-state index in [0.717, 1.165) is 0 Å². The van der Waals surface area contributed by atoms with E-state index in [4.69, 9.17) is 15.3 Å². The normalized spacial score (nSPS) is 12.5. The van der Waals surface area contributed by atoms with Gasteiger partial charge in [-0.3, -0.25) is 4.79 Å². The van der Waals surface area contributed by atoms with Gasteiger partial charge in [0.25, 0.3) is 0 Å². The molecular formula is C6H10O4. The van der Waals surface area contributed by atoms with Gasteiger partial charge in [-0.2, -0.15) is 0 Å². The number of allylic oxidation sites excluding steroid dienone is 2. The monoisotopic (exact) mass is 146 g/mol. The highest BCUT2D eigenvalue weighted by molar-refractivity contribution is 5.66. The number of carboxylic acid groups (broad SMARTS) is 1. The van der Waals surface area contributed by atoms with E-state index in [0.29, 0.717) is 0 Å². The van der Waals surface area contributed by atoms with Gasteiger partial charge in [0.2, 0.25) is 0 Å². The molecule has 10 heavy (non-hydrogen) atoms. The number of aliphatic carboxylic acids is 1. The first-order valence-corrected chi connectivity index (χ1v) is 2.83. The number of carbonyl (C=O) groups is 1. The maximum atomic E-state index is 9.91. The minimum absolute atomic E-state index is 0.0162. The molecule has 0 aromatic rings. The van der Waals surface area contributed by atoms with Crippen molar-refractivity contribution in [3.8, 4) is 0 Å². The summed E-state index contributed by atoms with van der Waals surface area (Å²) in [5.74, 6) is -1.48. The molecule has 0 heterocycles. The summed E-state index contributed by atoms with van der Waals surface area (Å²) in [4.78, 5) is 9.91. The first kappa shape index (κ1) is 8.81. The third kappa shape index (κ3) is 3.77. The SMILES string of the molecule is C/C(O)=C(\O)CCC(=O)O. The van der Waals surface area contributed by atoms with Gasteiger partial charge in [0.1, 0.15) is 11.5 Å². The molecule has 0 aliphatic heterocycles. The smallest absolute Gasteiger partial charge is 0.303 e. The van der Waals surface area contributed by atoms with Gasteiger partial charge in [0, 0.05) is 6.42 Å². The zero-order chi connectivity index (χ0) is 8.15. The van der Waals surface area contributed by atoms with Crippen molar-refractivity contribution in [3.05, 3.63) is 11.5 Å². The lowest BCUT2D eigenvalue weighted by molar-refractivity contribution is -0.137. The van der Waals surface area contributed by atoms with Crippen molar-refractivity contribution in [1.29, 1.82) is 0 Å². The number of carboxylic acids is 1. The zero-order valence-electron chi connectivity index (χ0n) is 5.66. The molecular weight excluding hydrogens is 136 g/mol. The van der Waals surface area contributed by atoms with Gasteiger partial charge in [-0.1, -0.05) is 0 Å². The van der Waals surface area contributed by atoms with Crippen molar-refractivity contribution in [3.63, 3.8) is 0 Å². The van der Waals surface area contributed by atoms with Crippen molar-refractivity contribution in [2.75, 3.05) is 0 Å². The van der Waals surface area contributed by atoms with Crippen LogP contribution in [0.1, 0.15) is 19.8 Å². The molecule has 0 aromatic carbocycles. The maximum absolute atomic E-state index is 9.91. The highest BCUT2D eigenvalue weighted by atomic mass is 16.4. The van der Waals surface area contributed by atoms with E-state index < -0.39 is 5.97 Å². The molecule has 0 aliphatic carbocycles. The topological polar surface area (TPSA) is 77.8 Å². The third-order valence-corrected chi connectivity index (χ3v) is 0.993. The minimum atomic E-state index is -0.993. The van der Waals surface area contributed by atoms with Crippen molar-refractivity contribution in [1.82, 2.24) is 0 Å². The van der Waals surface area contributed by atoms with Gasteiger partial charge < -0.3 is 15.3 Å². The van der Waals surface area contributed by atoms with E-state index in [1.165, 1.54) is 6.92 Å². The summed E-state index contributed by atoms with van der Waals surface area (Å²) in [7, 11) is 0. The van der Waals surface area contributed by atoms with E-state index >= 15 is 0 Å². The largest absolute Gasteiger partial charge is 0.509 e. The van der Waals surface area contributed by atoms with Crippen LogP contribution in [-0.2, 0) is 4.79 Å².